The first kappa shape index (κ1) is 22.3. The van der Waals surface area contributed by atoms with E-state index in [-0.39, 0.29) is 0 Å². The lowest BCUT2D eigenvalue weighted by Gasteiger charge is -2.32. The molecule has 5 rings (SSSR count). The zero-order valence-corrected chi connectivity index (χ0v) is 19.3. The maximum Gasteiger partial charge on any atom is 0.274 e. The molecule has 1 fully saturated rings. The van der Waals surface area contributed by atoms with Gasteiger partial charge in [-0.25, -0.2) is 10.5 Å². The molecule has 174 valence electrons. The molecule has 34 heavy (non-hydrogen) atoms. The molecule has 0 radical (unpaired) electrons. The minimum absolute atomic E-state index is 0.417. The van der Waals surface area contributed by atoms with E-state index in [0.29, 0.717) is 12.1 Å². The molecule has 0 spiro atoms. The predicted octanol–water partition coefficient (Wildman–Crippen LogP) is 3.62. The third-order valence-corrected chi connectivity index (χ3v) is 6.57. The zero-order chi connectivity index (χ0) is 23.5. The first-order valence-electron chi connectivity index (χ1n) is 11.6. The number of nitrogens with one attached hydrogen (secondary N) is 1. The topological polar surface area (TPSA) is 73.6 Å². The van der Waals surface area contributed by atoms with Crippen molar-refractivity contribution < 1.29 is 10.0 Å². The Morgan fingerprint density at radius 3 is 2.53 bits per heavy atom. The van der Waals surface area contributed by atoms with E-state index in [1.54, 1.807) is 17.6 Å². The van der Waals surface area contributed by atoms with E-state index < -0.39 is 5.91 Å². The number of amides is 1. The molecule has 4 aromatic rings. The van der Waals surface area contributed by atoms with Crippen molar-refractivity contribution in [1.29, 1.82) is 0 Å². The standard InChI is InChI=1S/C27H29N5O2/c1-30-13-15-31(16-14-30)18-21-3-2-4-23(17-21)24-9-11-28-26-25(24)10-12-32(26)19-20-5-7-22(8-6-20)27(33)29-34/h2-12,17,34H,13-16,18-19H2,1H3,(H,29,33). The van der Waals surface area contributed by atoms with E-state index in [0.717, 1.165) is 49.3 Å². The van der Waals surface area contributed by atoms with Crippen molar-refractivity contribution in [3.05, 3.63) is 89.7 Å². The number of hydroxylamine groups is 1. The second-order valence-electron chi connectivity index (χ2n) is 8.96. The number of hydrogen-bond donors (Lipinski definition) is 2. The summed E-state index contributed by atoms with van der Waals surface area (Å²) in [7, 11) is 2.18. The molecule has 7 nitrogen and oxygen atoms in total. The van der Waals surface area contributed by atoms with Gasteiger partial charge in [0, 0.05) is 62.6 Å². The van der Waals surface area contributed by atoms with E-state index in [4.69, 9.17) is 5.21 Å². The van der Waals surface area contributed by atoms with Gasteiger partial charge in [0.25, 0.3) is 5.91 Å². The molecule has 0 atom stereocenters. The summed E-state index contributed by atoms with van der Waals surface area (Å²) in [6, 6.07) is 20.2. The van der Waals surface area contributed by atoms with E-state index in [9.17, 15) is 4.79 Å². The van der Waals surface area contributed by atoms with Crippen molar-refractivity contribution in [2.75, 3.05) is 33.2 Å². The first-order valence-corrected chi connectivity index (χ1v) is 11.6. The van der Waals surface area contributed by atoms with Crippen LogP contribution < -0.4 is 5.48 Å². The molecule has 2 aromatic carbocycles. The van der Waals surface area contributed by atoms with Crippen LogP contribution in [0.1, 0.15) is 21.5 Å². The highest BCUT2D eigenvalue weighted by molar-refractivity contribution is 5.94. The SMILES string of the molecule is CN1CCN(Cc2cccc(-c3ccnc4c3ccn4Cc3ccc(C(=O)NO)cc3)c2)CC1. The van der Waals surface area contributed by atoms with Crippen molar-refractivity contribution in [3.8, 4) is 11.1 Å². The summed E-state index contributed by atoms with van der Waals surface area (Å²) in [6.45, 7) is 6.07. The van der Waals surface area contributed by atoms with Gasteiger partial charge >= 0.3 is 0 Å². The molecule has 0 saturated carbocycles. The highest BCUT2D eigenvalue weighted by Crippen LogP contribution is 2.29. The quantitative estimate of drug-likeness (QED) is 0.343. The Bertz CT molecular complexity index is 1290. The van der Waals surface area contributed by atoms with Crippen LogP contribution in [0.2, 0.25) is 0 Å². The minimum atomic E-state index is -0.515. The molecule has 7 heteroatoms. The van der Waals surface area contributed by atoms with Crippen LogP contribution in [0.4, 0.5) is 0 Å². The average Bonchev–Trinajstić information content (AvgIpc) is 3.28. The number of nitrogens with zero attached hydrogens (tertiary/aromatic N) is 4. The van der Waals surface area contributed by atoms with Crippen molar-refractivity contribution >= 4 is 16.9 Å². The van der Waals surface area contributed by atoms with Gasteiger partial charge in [-0.3, -0.25) is 14.9 Å². The van der Waals surface area contributed by atoms with Gasteiger partial charge in [-0.15, -0.1) is 0 Å². The maximum atomic E-state index is 11.6. The van der Waals surface area contributed by atoms with Gasteiger partial charge in [0.15, 0.2) is 0 Å². The Hall–Kier alpha value is -3.52. The van der Waals surface area contributed by atoms with Gasteiger partial charge in [-0.05, 0) is 59.6 Å². The number of piperazine rings is 1. The number of carbonyl (C=O) groups is 1. The molecular formula is C27H29N5O2. The second-order valence-corrected chi connectivity index (χ2v) is 8.96. The summed E-state index contributed by atoms with van der Waals surface area (Å²) < 4.78 is 2.12. The van der Waals surface area contributed by atoms with Crippen molar-refractivity contribution in [2.24, 2.45) is 0 Å². The van der Waals surface area contributed by atoms with E-state index in [2.05, 4.69) is 69.0 Å². The lowest BCUT2D eigenvalue weighted by atomic mass is 10.0. The zero-order valence-electron chi connectivity index (χ0n) is 19.3. The summed E-state index contributed by atoms with van der Waals surface area (Å²) in [5, 5.41) is 9.92. The molecule has 3 heterocycles. The number of likely N-dealkylation sites (N-methyl/N-ethyl adjacent to an activating group) is 1. The fourth-order valence-electron chi connectivity index (χ4n) is 4.59. The molecule has 1 aliphatic heterocycles. The van der Waals surface area contributed by atoms with Gasteiger partial charge in [0.2, 0.25) is 0 Å². The molecule has 0 aliphatic carbocycles. The van der Waals surface area contributed by atoms with Crippen molar-refractivity contribution in [2.45, 2.75) is 13.1 Å². The molecule has 1 saturated heterocycles. The molecule has 0 bridgehead atoms. The van der Waals surface area contributed by atoms with Gasteiger partial charge in [-0.2, -0.15) is 0 Å². The molecule has 2 aromatic heterocycles. The Morgan fingerprint density at radius 1 is 0.971 bits per heavy atom. The smallest absolute Gasteiger partial charge is 0.274 e. The summed E-state index contributed by atoms with van der Waals surface area (Å²) >= 11 is 0. The van der Waals surface area contributed by atoms with E-state index in [1.165, 1.54) is 16.7 Å². The fraction of sp³-hybridized carbons (Fsp3) is 0.259. The molecular weight excluding hydrogens is 426 g/mol. The largest absolute Gasteiger partial charge is 0.328 e. The van der Waals surface area contributed by atoms with Crippen LogP contribution in [-0.2, 0) is 13.1 Å². The Balaban J connectivity index is 1.38. The van der Waals surface area contributed by atoms with Crippen LogP contribution in [0.3, 0.4) is 0 Å². The lowest BCUT2D eigenvalue weighted by Crippen LogP contribution is -2.43. The second kappa shape index (κ2) is 9.77. The minimum Gasteiger partial charge on any atom is -0.328 e. The third kappa shape index (κ3) is 4.72. The van der Waals surface area contributed by atoms with Crippen LogP contribution in [0.5, 0.6) is 0 Å². The number of hydrogen-bond acceptors (Lipinski definition) is 5. The predicted molar refractivity (Wildman–Crippen MR) is 133 cm³/mol. The maximum absolute atomic E-state index is 11.6. The van der Waals surface area contributed by atoms with Gasteiger partial charge in [0.05, 0.1) is 0 Å². The number of carbonyl (C=O) groups excluding carboxylic acids is 1. The summed E-state index contributed by atoms with van der Waals surface area (Å²) in [5.41, 5.74) is 7.77. The highest BCUT2D eigenvalue weighted by atomic mass is 16.5. The van der Waals surface area contributed by atoms with Crippen LogP contribution in [0, 0.1) is 0 Å². The molecule has 2 N–H and O–H groups in total. The van der Waals surface area contributed by atoms with Gasteiger partial charge in [-0.1, -0.05) is 30.3 Å². The Kier molecular flexibility index (Phi) is 6.40. The van der Waals surface area contributed by atoms with Crippen molar-refractivity contribution in [3.63, 3.8) is 0 Å². The lowest BCUT2D eigenvalue weighted by molar-refractivity contribution is 0.0706. The molecule has 1 amide bonds. The van der Waals surface area contributed by atoms with Gasteiger partial charge in [0.1, 0.15) is 5.65 Å². The molecule has 0 unspecified atom stereocenters. The van der Waals surface area contributed by atoms with Crippen LogP contribution in [-0.4, -0.2) is 63.7 Å². The summed E-state index contributed by atoms with van der Waals surface area (Å²) in [5.74, 6) is -0.515. The summed E-state index contributed by atoms with van der Waals surface area (Å²) in [4.78, 5) is 21.1. The first-order chi connectivity index (χ1) is 16.6. The van der Waals surface area contributed by atoms with Crippen LogP contribution >= 0.6 is 0 Å². The third-order valence-electron chi connectivity index (χ3n) is 6.57. The average molecular weight is 456 g/mol. The normalized spacial score (nSPS) is 15.0. The van der Waals surface area contributed by atoms with Crippen LogP contribution in [0.15, 0.2) is 73.1 Å². The van der Waals surface area contributed by atoms with Crippen molar-refractivity contribution in [1.82, 2.24) is 24.8 Å². The number of rotatable bonds is 6. The Morgan fingerprint density at radius 2 is 1.76 bits per heavy atom. The van der Waals surface area contributed by atoms with E-state index in [1.807, 2.05) is 18.3 Å². The Labute approximate surface area is 199 Å². The highest BCUT2D eigenvalue weighted by Gasteiger charge is 2.15. The van der Waals surface area contributed by atoms with E-state index >= 15 is 0 Å². The number of aromatic nitrogens is 2. The van der Waals surface area contributed by atoms with Crippen LogP contribution in [0.25, 0.3) is 22.2 Å². The molecule has 1 aliphatic rings. The fourth-order valence-corrected chi connectivity index (χ4v) is 4.59. The number of benzene rings is 2. The summed E-state index contributed by atoms with van der Waals surface area (Å²) in [6.07, 6.45) is 3.93. The van der Waals surface area contributed by atoms with Gasteiger partial charge < -0.3 is 9.47 Å². The number of fused-ring (bicyclic) bond motifs is 1. The monoisotopic (exact) mass is 455 g/mol. The number of pyridine rings is 1.